The molecule has 0 saturated carbocycles. The van der Waals surface area contributed by atoms with Crippen molar-refractivity contribution in [2.75, 3.05) is 6.61 Å². The van der Waals surface area contributed by atoms with E-state index in [9.17, 15) is 9.59 Å². The van der Waals surface area contributed by atoms with Crippen molar-refractivity contribution in [2.24, 2.45) is 0 Å². The number of ether oxygens (including phenoxy) is 1. The molecule has 2 aromatic heterocycles. The number of carbonyl (C=O) groups excluding carboxylic acids is 2. The summed E-state index contributed by atoms with van der Waals surface area (Å²) in [4.78, 5) is 28.5. The molecule has 0 radical (unpaired) electrons. The summed E-state index contributed by atoms with van der Waals surface area (Å²) in [7, 11) is 0. The summed E-state index contributed by atoms with van der Waals surface area (Å²) in [5, 5.41) is 9.57. The minimum atomic E-state index is -0.611. The molecule has 1 aromatic carbocycles. The largest absolute Gasteiger partial charge is 0.454 e. The molecule has 0 fully saturated rings. The maximum atomic E-state index is 12.6. The fourth-order valence-corrected chi connectivity index (χ4v) is 3.00. The zero-order chi connectivity index (χ0) is 18.5. The number of pyridine rings is 1. The van der Waals surface area contributed by atoms with Crippen LogP contribution in [-0.2, 0) is 11.3 Å². The second-order valence-corrected chi connectivity index (χ2v) is 6.47. The second kappa shape index (κ2) is 7.93. The maximum absolute atomic E-state index is 12.6. The molecule has 0 spiro atoms. The van der Waals surface area contributed by atoms with Crippen molar-refractivity contribution >= 4 is 38.6 Å². The van der Waals surface area contributed by atoms with Gasteiger partial charge in [-0.2, -0.15) is 5.26 Å². The Morgan fingerprint density at radius 2 is 2.08 bits per heavy atom. The lowest BCUT2D eigenvalue weighted by Crippen LogP contribution is -2.14. The highest BCUT2D eigenvalue weighted by Gasteiger charge is 2.17. The van der Waals surface area contributed by atoms with Crippen molar-refractivity contribution < 1.29 is 14.3 Å². The van der Waals surface area contributed by atoms with Crippen molar-refractivity contribution in [1.29, 1.82) is 5.26 Å². The van der Waals surface area contributed by atoms with Gasteiger partial charge in [0, 0.05) is 46.1 Å². The van der Waals surface area contributed by atoms with Gasteiger partial charge < -0.3 is 9.30 Å². The van der Waals surface area contributed by atoms with Crippen molar-refractivity contribution in [3.63, 3.8) is 0 Å². The number of benzene rings is 1. The molecule has 3 rings (SSSR count). The Kier molecular flexibility index (Phi) is 5.44. The minimum Gasteiger partial charge on any atom is -0.454 e. The Bertz CT molecular complexity index is 1020. The number of para-hydroxylation sites is 1. The van der Waals surface area contributed by atoms with E-state index >= 15 is 0 Å². The lowest BCUT2D eigenvalue weighted by Gasteiger charge is -2.04. The zero-order valence-corrected chi connectivity index (χ0v) is 15.3. The van der Waals surface area contributed by atoms with Crippen LogP contribution in [0.1, 0.15) is 27.1 Å². The minimum absolute atomic E-state index is 0.267. The van der Waals surface area contributed by atoms with Crippen LogP contribution in [0.3, 0.4) is 0 Å². The number of halogens is 1. The predicted molar refractivity (Wildman–Crippen MR) is 98.7 cm³/mol. The molecule has 0 saturated heterocycles. The normalized spacial score (nSPS) is 10.5. The molecular weight excluding hydrogens is 398 g/mol. The fraction of sp³-hybridized carbons (Fsp3) is 0.158. The average molecular weight is 412 g/mol. The fourth-order valence-electron chi connectivity index (χ4n) is 2.64. The lowest BCUT2D eigenvalue weighted by molar-refractivity contribution is 0.0474. The highest BCUT2D eigenvalue weighted by molar-refractivity contribution is 9.10. The van der Waals surface area contributed by atoms with Crippen LogP contribution in [-0.4, -0.2) is 27.9 Å². The van der Waals surface area contributed by atoms with Gasteiger partial charge in [-0.3, -0.25) is 9.78 Å². The number of esters is 1. The van der Waals surface area contributed by atoms with Crippen molar-refractivity contribution in [2.45, 2.75) is 13.0 Å². The third kappa shape index (κ3) is 3.81. The van der Waals surface area contributed by atoms with E-state index in [0.29, 0.717) is 23.0 Å². The topological polar surface area (TPSA) is 85.0 Å². The van der Waals surface area contributed by atoms with Gasteiger partial charge in [0.25, 0.3) is 0 Å². The van der Waals surface area contributed by atoms with E-state index in [1.807, 2.05) is 28.8 Å². The average Bonchev–Trinajstić information content (AvgIpc) is 3.03. The predicted octanol–water partition coefficient (Wildman–Crippen LogP) is 3.75. The number of hydrogen-bond donors (Lipinski definition) is 0. The van der Waals surface area contributed by atoms with Gasteiger partial charge >= 0.3 is 5.97 Å². The van der Waals surface area contributed by atoms with Crippen LogP contribution in [0.15, 0.2) is 53.4 Å². The molecule has 26 heavy (non-hydrogen) atoms. The number of aromatic nitrogens is 2. The molecule has 0 aliphatic heterocycles. The number of ketones is 1. The quantitative estimate of drug-likeness (QED) is 0.455. The molecule has 6 nitrogen and oxygen atoms in total. The summed E-state index contributed by atoms with van der Waals surface area (Å²) in [5.74, 6) is -0.909. The SMILES string of the molecule is N#CCCn1cc(C(=O)COC(=O)c2cncc(Br)c2)c2ccccc21. The highest BCUT2D eigenvalue weighted by atomic mass is 79.9. The van der Waals surface area contributed by atoms with Crippen LogP contribution < -0.4 is 0 Å². The Balaban J connectivity index is 1.78. The molecule has 0 bridgehead atoms. The summed E-state index contributed by atoms with van der Waals surface area (Å²) < 4.78 is 7.65. The number of fused-ring (bicyclic) bond motifs is 1. The van der Waals surface area contributed by atoms with Crippen molar-refractivity contribution in [3.8, 4) is 6.07 Å². The van der Waals surface area contributed by atoms with Crippen LogP contribution in [0.25, 0.3) is 10.9 Å². The van der Waals surface area contributed by atoms with E-state index in [1.165, 1.54) is 6.20 Å². The van der Waals surface area contributed by atoms with Crippen LogP contribution >= 0.6 is 15.9 Å². The van der Waals surface area contributed by atoms with E-state index in [1.54, 1.807) is 18.5 Å². The third-order valence-corrected chi connectivity index (χ3v) is 4.26. The summed E-state index contributed by atoms with van der Waals surface area (Å²) in [6.45, 7) is 0.130. The van der Waals surface area contributed by atoms with Gasteiger partial charge in [0.15, 0.2) is 6.61 Å². The molecule has 0 unspecified atom stereocenters. The Labute approximate surface area is 158 Å². The summed E-state index contributed by atoms with van der Waals surface area (Å²) in [6.07, 6.45) is 4.99. The molecular formula is C19H14BrN3O3. The van der Waals surface area contributed by atoms with Crippen LogP contribution in [0.5, 0.6) is 0 Å². The second-order valence-electron chi connectivity index (χ2n) is 5.55. The zero-order valence-electron chi connectivity index (χ0n) is 13.7. The molecule has 0 amide bonds. The molecule has 0 aliphatic carbocycles. The smallest absolute Gasteiger partial charge is 0.340 e. The third-order valence-electron chi connectivity index (χ3n) is 3.83. The molecule has 0 aliphatic rings. The summed E-state index contributed by atoms with van der Waals surface area (Å²) >= 11 is 3.23. The van der Waals surface area contributed by atoms with E-state index in [-0.39, 0.29) is 18.0 Å². The van der Waals surface area contributed by atoms with Gasteiger partial charge in [-0.15, -0.1) is 0 Å². The maximum Gasteiger partial charge on any atom is 0.340 e. The lowest BCUT2D eigenvalue weighted by atomic mass is 10.1. The van der Waals surface area contributed by atoms with Crippen molar-refractivity contribution in [1.82, 2.24) is 9.55 Å². The number of Topliss-reactive ketones (excluding diaryl/α,β-unsaturated/α-hetero) is 1. The number of nitriles is 1. The monoisotopic (exact) mass is 411 g/mol. The van der Waals surface area contributed by atoms with Gasteiger partial charge in [0.1, 0.15) is 0 Å². The molecule has 7 heteroatoms. The van der Waals surface area contributed by atoms with E-state index in [4.69, 9.17) is 10.00 Å². The van der Waals surface area contributed by atoms with Gasteiger partial charge in [-0.1, -0.05) is 18.2 Å². The Hall–Kier alpha value is -2.98. The van der Waals surface area contributed by atoms with E-state index in [0.717, 1.165) is 10.9 Å². The van der Waals surface area contributed by atoms with Gasteiger partial charge in [-0.05, 0) is 28.1 Å². The molecule has 3 aromatic rings. The highest BCUT2D eigenvalue weighted by Crippen LogP contribution is 2.22. The van der Waals surface area contributed by atoms with E-state index < -0.39 is 5.97 Å². The van der Waals surface area contributed by atoms with Crippen molar-refractivity contribution in [3.05, 3.63) is 64.5 Å². The summed E-state index contributed by atoms with van der Waals surface area (Å²) in [5.41, 5.74) is 1.61. The van der Waals surface area contributed by atoms with Gasteiger partial charge in [0.05, 0.1) is 18.1 Å². The number of nitrogens with zero attached hydrogens (tertiary/aromatic N) is 3. The van der Waals surface area contributed by atoms with Gasteiger partial charge in [-0.25, -0.2) is 4.79 Å². The van der Waals surface area contributed by atoms with Crippen LogP contribution in [0, 0.1) is 11.3 Å². The van der Waals surface area contributed by atoms with Crippen LogP contribution in [0.2, 0.25) is 0 Å². The Morgan fingerprint density at radius 1 is 1.27 bits per heavy atom. The molecule has 2 heterocycles. The number of hydrogen-bond acceptors (Lipinski definition) is 5. The Morgan fingerprint density at radius 3 is 2.85 bits per heavy atom. The first kappa shape index (κ1) is 17.8. The number of aryl methyl sites for hydroxylation is 1. The summed E-state index contributed by atoms with van der Waals surface area (Å²) in [6, 6.07) is 11.1. The standard InChI is InChI=1S/C19H14BrN3O3/c20-14-8-13(9-22-10-14)19(25)26-12-18(24)16-11-23(7-3-6-21)17-5-2-1-4-15(16)17/h1-2,4-5,8-11H,3,7,12H2. The van der Waals surface area contributed by atoms with Crippen LogP contribution in [0.4, 0.5) is 0 Å². The van der Waals surface area contributed by atoms with E-state index in [2.05, 4.69) is 27.0 Å². The first-order chi connectivity index (χ1) is 12.6. The molecule has 0 atom stereocenters. The first-order valence-electron chi connectivity index (χ1n) is 7.86. The number of carbonyl (C=O) groups is 2. The molecule has 130 valence electrons. The van der Waals surface area contributed by atoms with Gasteiger partial charge in [0.2, 0.25) is 5.78 Å². The molecule has 0 N–H and O–H groups in total. The first-order valence-corrected chi connectivity index (χ1v) is 8.65. The number of rotatable bonds is 6.